The van der Waals surface area contributed by atoms with Crippen LogP contribution in [0.25, 0.3) is 11.0 Å². The first-order valence-electron chi connectivity index (χ1n) is 5.95. The van der Waals surface area contributed by atoms with Crippen LogP contribution in [0.3, 0.4) is 0 Å². The number of amidine groups is 1. The Morgan fingerprint density at radius 2 is 2.09 bits per heavy atom. The first-order chi connectivity index (χ1) is 10.7. The second-order valence-corrected chi connectivity index (χ2v) is 4.28. The van der Waals surface area contributed by atoms with E-state index in [1.54, 1.807) is 6.07 Å². The molecular formula is C13H8F3N5O2. The van der Waals surface area contributed by atoms with Crippen LogP contribution in [0, 0.1) is 16.7 Å². The Labute approximate surface area is 126 Å². The normalized spacial score (nSPS) is 12.0. The van der Waals surface area contributed by atoms with Gasteiger partial charge in [-0.2, -0.15) is 23.5 Å². The standard InChI is InChI=1S/C13H8F3N5O2/c14-13(15,16)11-4-9(22)7-3-6(1-2-10(7)23-11)20-21-8(5-17)12(18)19/h1-4,20H,(H3,18,19)/b21-8+. The number of hydrogen-bond donors (Lipinski definition) is 3. The molecule has 0 atom stereocenters. The van der Waals surface area contributed by atoms with Crippen LogP contribution in [0.15, 0.2) is 38.6 Å². The van der Waals surface area contributed by atoms with Crippen molar-refractivity contribution in [2.24, 2.45) is 10.8 Å². The third-order valence-corrected chi connectivity index (χ3v) is 2.66. The van der Waals surface area contributed by atoms with Crippen LogP contribution >= 0.6 is 0 Å². The summed E-state index contributed by atoms with van der Waals surface area (Å²) in [5, 5.41) is 19.2. The number of alkyl halides is 3. The number of nitrogens with zero attached hydrogens (tertiary/aromatic N) is 2. The van der Waals surface area contributed by atoms with Gasteiger partial charge >= 0.3 is 6.18 Å². The van der Waals surface area contributed by atoms with Crippen molar-refractivity contribution in [2.75, 3.05) is 5.43 Å². The van der Waals surface area contributed by atoms with Crippen molar-refractivity contribution in [1.29, 1.82) is 10.7 Å². The Morgan fingerprint density at radius 1 is 1.39 bits per heavy atom. The number of rotatable bonds is 3. The molecule has 0 spiro atoms. The molecular weight excluding hydrogens is 315 g/mol. The topological polar surface area (TPSA) is 128 Å². The number of nitrogens with two attached hydrogens (primary N) is 1. The smallest absolute Gasteiger partial charge is 0.449 e. The Bertz CT molecular complexity index is 908. The van der Waals surface area contributed by atoms with Crippen molar-refractivity contribution in [3.8, 4) is 6.07 Å². The SMILES string of the molecule is N#C/C(=N\Nc1ccc2oc(C(F)(F)F)cc(=O)c2c1)C(=N)N. The summed E-state index contributed by atoms with van der Waals surface area (Å²) in [4.78, 5) is 11.8. The molecule has 0 bridgehead atoms. The highest BCUT2D eigenvalue weighted by molar-refractivity contribution is 6.45. The summed E-state index contributed by atoms with van der Waals surface area (Å²) < 4.78 is 42.4. The number of anilines is 1. The quantitative estimate of drug-likeness (QED) is 0.452. The fraction of sp³-hybridized carbons (Fsp3) is 0.0769. The zero-order chi connectivity index (χ0) is 17.2. The molecule has 0 radical (unpaired) electrons. The molecule has 0 unspecified atom stereocenters. The summed E-state index contributed by atoms with van der Waals surface area (Å²) in [5.74, 6) is -1.95. The Morgan fingerprint density at radius 3 is 2.65 bits per heavy atom. The minimum absolute atomic E-state index is 0.0977. The van der Waals surface area contributed by atoms with E-state index in [1.165, 1.54) is 12.1 Å². The number of hydrogen-bond acceptors (Lipinski definition) is 6. The maximum Gasteiger partial charge on any atom is 0.449 e. The zero-order valence-corrected chi connectivity index (χ0v) is 11.2. The van der Waals surface area contributed by atoms with Crippen molar-refractivity contribution in [3.05, 3.63) is 40.2 Å². The van der Waals surface area contributed by atoms with E-state index in [0.717, 1.165) is 6.07 Å². The van der Waals surface area contributed by atoms with Gasteiger partial charge in [-0.3, -0.25) is 15.6 Å². The van der Waals surface area contributed by atoms with Gasteiger partial charge in [0.15, 0.2) is 11.3 Å². The van der Waals surface area contributed by atoms with Crippen molar-refractivity contribution in [2.45, 2.75) is 6.18 Å². The predicted molar refractivity (Wildman–Crippen MR) is 76.1 cm³/mol. The van der Waals surface area contributed by atoms with Crippen LogP contribution in [0.2, 0.25) is 0 Å². The van der Waals surface area contributed by atoms with Gasteiger partial charge in [0, 0.05) is 6.07 Å². The van der Waals surface area contributed by atoms with Crippen LogP contribution in [0.4, 0.5) is 18.9 Å². The van der Waals surface area contributed by atoms with Crippen molar-refractivity contribution in [3.63, 3.8) is 0 Å². The van der Waals surface area contributed by atoms with E-state index in [2.05, 4.69) is 14.9 Å². The number of nitrogens with one attached hydrogen (secondary N) is 2. The van der Waals surface area contributed by atoms with E-state index in [4.69, 9.17) is 16.4 Å². The molecule has 0 aliphatic heterocycles. The lowest BCUT2D eigenvalue weighted by molar-refractivity contribution is -0.152. The van der Waals surface area contributed by atoms with Crippen LogP contribution in [0.5, 0.6) is 0 Å². The van der Waals surface area contributed by atoms with Gasteiger partial charge < -0.3 is 10.2 Å². The zero-order valence-electron chi connectivity index (χ0n) is 11.2. The summed E-state index contributed by atoms with van der Waals surface area (Å²) >= 11 is 0. The van der Waals surface area contributed by atoms with E-state index in [-0.39, 0.29) is 22.4 Å². The number of halogens is 3. The Balaban J connectivity index is 2.45. The average Bonchev–Trinajstić information content (AvgIpc) is 2.46. The maximum absolute atomic E-state index is 12.6. The van der Waals surface area contributed by atoms with Crippen LogP contribution in [-0.4, -0.2) is 11.5 Å². The Kier molecular flexibility index (Phi) is 4.04. The number of benzene rings is 1. The minimum Gasteiger partial charge on any atom is -0.451 e. The first-order valence-corrected chi connectivity index (χ1v) is 5.95. The van der Waals surface area contributed by atoms with Gasteiger partial charge in [-0.1, -0.05) is 0 Å². The van der Waals surface area contributed by atoms with Crippen LogP contribution in [-0.2, 0) is 6.18 Å². The molecule has 0 aliphatic carbocycles. The number of nitriles is 1. The molecule has 1 aromatic heterocycles. The molecule has 1 aromatic carbocycles. The lowest BCUT2D eigenvalue weighted by atomic mass is 10.2. The van der Waals surface area contributed by atoms with Gasteiger partial charge in [0.05, 0.1) is 11.1 Å². The van der Waals surface area contributed by atoms with Gasteiger partial charge in [0.25, 0.3) is 0 Å². The van der Waals surface area contributed by atoms with E-state index in [9.17, 15) is 18.0 Å². The summed E-state index contributed by atoms with van der Waals surface area (Å²) in [6, 6.07) is 5.59. The number of hydrazone groups is 1. The summed E-state index contributed by atoms with van der Waals surface area (Å²) in [7, 11) is 0. The molecule has 2 aromatic rings. The average molecular weight is 323 g/mol. The largest absolute Gasteiger partial charge is 0.451 e. The lowest BCUT2D eigenvalue weighted by Gasteiger charge is -2.07. The second kappa shape index (κ2) is 5.80. The molecule has 0 aliphatic rings. The fourth-order valence-electron chi connectivity index (χ4n) is 1.63. The van der Waals surface area contributed by atoms with E-state index >= 15 is 0 Å². The highest BCUT2D eigenvalue weighted by atomic mass is 19.4. The lowest BCUT2D eigenvalue weighted by Crippen LogP contribution is -2.21. The third kappa shape index (κ3) is 3.46. The predicted octanol–water partition coefficient (Wildman–Crippen LogP) is 2.04. The molecule has 2 rings (SSSR count). The molecule has 1 heterocycles. The van der Waals surface area contributed by atoms with Crippen molar-refractivity contribution in [1.82, 2.24) is 0 Å². The molecule has 0 saturated heterocycles. The highest BCUT2D eigenvalue weighted by Gasteiger charge is 2.34. The first kappa shape index (κ1) is 16.0. The Hall–Kier alpha value is -3.35. The minimum atomic E-state index is -4.77. The highest BCUT2D eigenvalue weighted by Crippen LogP contribution is 2.30. The van der Waals surface area contributed by atoms with Gasteiger partial charge in [-0.05, 0) is 18.2 Å². The van der Waals surface area contributed by atoms with E-state index < -0.39 is 23.2 Å². The molecule has 0 fully saturated rings. The molecule has 7 nitrogen and oxygen atoms in total. The summed E-state index contributed by atoms with van der Waals surface area (Å²) in [6.07, 6.45) is -4.77. The maximum atomic E-state index is 12.6. The fourth-order valence-corrected chi connectivity index (χ4v) is 1.63. The van der Waals surface area contributed by atoms with Crippen molar-refractivity contribution >= 4 is 28.2 Å². The van der Waals surface area contributed by atoms with Gasteiger partial charge in [-0.15, -0.1) is 0 Å². The van der Waals surface area contributed by atoms with E-state index in [1.807, 2.05) is 0 Å². The second-order valence-electron chi connectivity index (χ2n) is 4.28. The summed E-state index contributed by atoms with van der Waals surface area (Å²) in [5.41, 5.74) is 6.19. The molecule has 118 valence electrons. The monoisotopic (exact) mass is 323 g/mol. The van der Waals surface area contributed by atoms with Crippen molar-refractivity contribution < 1.29 is 17.6 Å². The molecule has 10 heteroatoms. The summed E-state index contributed by atoms with van der Waals surface area (Å²) in [6.45, 7) is 0. The molecule has 23 heavy (non-hydrogen) atoms. The molecule has 0 amide bonds. The number of fused-ring (bicyclic) bond motifs is 1. The molecule has 4 N–H and O–H groups in total. The van der Waals surface area contributed by atoms with Gasteiger partial charge in [0.2, 0.25) is 11.5 Å². The van der Waals surface area contributed by atoms with E-state index in [0.29, 0.717) is 6.07 Å². The van der Waals surface area contributed by atoms with Gasteiger partial charge in [-0.25, -0.2) is 0 Å². The van der Waals surface area contributed by atoms with Gasteiger partial charge in [0.1, 0.15) is 11.7 Å². The third-order valence-electron chi connectivity index (χ3n) is 2.66. The van der Waals surface area contributed by atoms with Crippen LogP contribution < -0.4 is 16.6 Å². The molecule has 0 saturated carbocycles. The van der Waals surface area contributed by atoms with Crippen LogP contribution in [0.1, 0.15) is 5.76 Å².